The Morgan fingerprint density at radius 3 is 2.80 bits per heavy atom. The molecular weight excluding hydrogens is 270 g/mol. The maximum absolute atomic E-state index is 6.29. The first-order valence-electron chi connectivity index (χ1n) is 7.30. The minimum Gasteiger partial charge on any atom is -0.324 e. The van der Waals surface area contributed by atoms with Crippen LogP contribution in [0, 0.1) is 6.92 Å². The second kappa shape index (κ2) is 5.88. The zero-order valence-electron chi connectivity index (χ0n) is 11.8. The predicted molar refractivity (Wildman–Crippen MR) is 83.8 cm³/mol. The third kappa shape index (κ3) is 2.68. The van der Waals surface area contributed by atoms with E-state index in [1.54, 1.807) is 0 Å². The number of aromatic nitrogens is 2. The van der Waals surface area contributed by atoms with Crippen molar-refractivity contribution in [1.29, 1.82) is 0 Å². The molecule has 1 aromatic carbocycles. The maximum Gasteiger partial charge on any atom is 0.207 e. The van der Waals surface area contributed by atoms with E-state index < -0.39 is 0 Å². The van der Waals surface area contributed by atoms with Gasteiger partial charge in [-0.3, -0.25) is 0 Å². The van der Waals surface area contributed by atoms with Crippen molar-refractivity contribution in [3.63, 3.8) is 0 Å². The Balaban J connectivity index is 1.86. The molecule has 1 heterocycles. The van der Waals surface area contributed by atoms with Crippen LogP contribution in [0.25, 0.3) is 0 Å². The van der Waals surface area contributed by atoms with E-state index in [0.29, 0.717) is 6.04 Å². The molecule has 106 valence electrons. The summed E-state index contributed by atoms with van der Waals surface area (Å²) in [5.41, 5.74) is 2.09. The second-order valence-electron chi connectivity index (χ2n) is 5.51. The Kier molecular flexibility index (Phi) is 3.97. The van der Waals surface area contributed by atoms with Crippen LogP contribution in [0.2, 0.25) is 5.02 Å². The van der Waals surface area contributed by atoms with E-state index in [1.165, 1.54) is 32.1 Å². The van der Waals surface area contributed by atoms with Gasteiger partial charge in [0, 0.05) is 18.4 Å². The molecule has 3 nitrogen and oxygen atoms in total. The van der Waals surface area contributed by atoms with E-state index in [-0.39, 0.29) is 0 Å². The van der Waals surface area contributed by atoms with E-state index in [2.05, 4.69) is 34.1 Å². The number of para-hydroxylation sites is 1. The average molecular weight is 290 g/mol. The van der Waals surface area contributed by atoms with Gasteiger partial charge in [-0.25, -0.2) is 4.98 Å². The van der Waals surface area contributed by atoms with Crippen LogP contribution in [-0.4, -0.2) is 9.55 Å². The zero-order chi connectivity index (χ0) is 13.9. The predicted octanol–water partition coefficient (Wildman–Crippen LogP) is 5.09. The first-order chi connectivity index (χ1) is 9.75. The highest BCUT2D eigenvalue weighted by molar-refractivity contribution is 6.33. The summed E-state index contributed by atoms with van der Waals surface area (Å²) in [5, 5.41) is 4.15. The molecule has 0 spiro atoms. The lowest BCUT2D eigenvalue weighted by atomic mass is 9.95. The topological polar surface area (TPSA) is 29.9 Å². The monoisotopic (exact) mass is 289 g/mol. The van der Waals surface area contributed by atoms with Gasteiger partial charge in [0.2, 0.25) is 5.95 Å². The lowest BCUT2D eigenvalue weighted by Gasteiger charge is -2.25. The van der Waals surface area contributed by atoms with Gasteiger partial charge in [-0.2, -0.15) is 0 Å². The highest BCUT2D eigenvalue weighted by Crippen LogP contribution is 2.33. The quantitative estimate of drug-likeness (QED) is 0.852. The average Bonchev–Trinajstić information content (AvgIpc) is 2.92. The standard InChI is InChI=1S/C16H20ClN3/c1-12-6-5-9-14(17)15(12)19-16-18-10-11-20(16)13-7-3-2-4-8-13/h5-6,9-11,13H,2-4,7-8H2,1H3,(H,18,19). The Labute approximate surface area is 125 Å². The second-order valence-corrected chi connectivity index (χ2v) is 5.91. The van der Waals surface area contributed by atoms with Gasteiger partial charge in [-0.15, -0.1) is 0 Å². The van der Waals surface area contributed by atoms with Crippen molar-refractivity contribution < 1.29 is 0 Å². The molecule has 0 amide bonds. The van der Waals surface area contributed by atoms with Gasteiger partial charge in [-0.05, 0) is 31.4 Å². The lowest BCUT2D eigenvalue weighted by molar-refractivity contribution is 0.356. The van der Waals surface area contributed by atoms with Gasteiger partial charge in [0.1, 0.15) is 0 Å². The number of nitrogens with one attached hydrogen (secondary N) is 1. The number of benzene rings is 1. The summed E-state index contributed by atoms with van der Waals surface area (Å²) >= 11 is 6.29. The molecule has 20 heavy (non-hydrogen) atoms. The molecule has 0 aliphatic heterocycles. The largest absolute Gasteiger partial charge is 0.324 e. The van der Waals surface area contributed by atoms with E-state index in [0.717, 1.165) is 22.2 Å². The first kappa shape index (κ1) is 13.5. The van der Waals surface area contributed by atoms with Crippen molar-refractivity contribution in [3.05, 3.63) is 41.2 Å². The molecule has 0 atom stereocenters. The van der Waals surface area contributed by atoms with Gasteiger partial charge >= 0.3 is 0 Å². The van der Waals surface area contributed by atoms with Gasteiger partial charge in [0.15, 0.2) is 0 Å². The molecule has 4 heteroatoms. The Hall–Kier alpha value is -1.48. The van der Waals surface area contributed by atoms with Crippen LogP contribution in [-0.2, 0) is 0 Å². The molecule has 0 bridgehead atoms. The summed E-state index contributed by atoms with van der Waals surface area (Å²) in [5.74, 6) is 0.896. The number of rotatable bonds is 3. The molecule has 1 saturated carbocycles. The molecular formula is C16H20ClN3. The molecule has 1 N–H and O–H groups in total. The Bertz CT molecular complexity index is 565. The molecule has 1 aliphatic carbocycles. The van der Waals surface area contributed by atoms with Crippen LogP contribution in [0.3, 0.4) is 0 Å². The number of aryl methyl sites for hydroxylation is 1. The summed E-state index contributed by atoms with van der Waals surface area (Å²) in [6.45, 7) is 2.06. The SMILES string of the molecule is Cc1cccc(Cl)c1Nc1nccn1C1CCCCC1. The van der Waals surface area contributed by atoms with Gasteiger partial charge < -0.3 is 9.88 Å². The number of halogens is 1. The first-order valence-corrected chi connectivity index (χ1v) is 7.68. The highest BCUT2D eigenvalue weighted by Gasteiger charge is 2.18. The number of imidazole rings is 1. The van der Waals surface area contributed by atoms with Crippen LogP contribution >= 0.6 is 11.6 Å². The number of anilines is 2. The van der Waals surface area contributed by atoms with E-state index in [1.807, 2.05) is 18.3 Å². The van der Waals surface area contributed by atoms with E-state index in [4.69, 9.17) is 11.6 Å². The van der Waals surface area contributed by atoms with Gasteiger partial charge in [0.25, 0.3) is 0 Å². The normalized spacial score (nSPS) is 16.3. The summed E-state index contributed by atoms with van der Waals surface area (Å²) in [6, 6.07) is 6.50. The Morgan fingerprint density at radius 1 is 1.25 bits per heavy atom. The fraction of sp³-hybridized carbons (Fsp3) is 0.438. The van der Waals surface area contributed by atoms with Crippen LogP contribution in [0.4, 0.5) is 11.6 Å². The van der Waals surface area contributed by atoms with Crippen molar-refractivity contribution in [1.82, 2.24) is 9.55 Å². The van der Waals surface area contributed by atoms with Gasteiger partial charge in [0.05, 0.1) is 10.7 Å². The summed E-state index contributed by atoms with van der Waals surface area (Å²) in [4.78, 5) is 4.46. The third-order valence-corrected chi connectivity index (χ3v) is 4.41. The highest BCUT2D eigenvalue weighted by atomic mass is 35.5. The van der Waals surface area contributed by atoms with Crippen LogP contribution in [0.1, 0.15) is 43.7 Å². The molecule has 0 unspecified atom stereocenters. The van der Waals surface area contributed by atoms with Crippen molar-refractivity contribution in [2.75, 3.05) is 5.32 Å². The van der Waals surface area contributed by atoms with Crippen molar-refractivity contribution in [2.24, 2.45) is 0 Å². The molecule has 2 aromatic rings. The van der Waals surface area contributed by atoms with Crippen LogP contribution in [0.5, 0.6) is 0 Å². The molecule has 1 aliphatic rings. The fourth-order valence-corrected chi connectivity index (χ4v) is 3.23. The minimum absolute atomic E-state index is 0.566. The Morgan fingerprint density at radius 2 is 2.05 bits per heavy atom. The van der Waals surface area contributed by atoms with Crippen LogP contribution in [0.15, 0.2) is 30.6 Å². The minimum atomic E-state index is 0.566. The number of hydrogen-bond donors (Lipinski definition) is 1. The van der Waals surface area contributed by atoms with Crippen molar-refractivity contribution >= 4 is 23.2 Å². The zero-order valence-corrected chi connectivity index (χ0v) is 12.5. The van der Waals surface area contributed by atoms with Gasteiger partial charge in [-0.1, -0.05) is 43.0 Å². The summed E-state index contributed by atoms with van der Waals surface area (Å²) in [7, 11) is 0. The van der Waals surface area contributed by atoms with Crippen LogP contribution < -0.4 is 5.32 Å². The molecule has 1 fully saturated rings. The molecule has 0 saturated heterocycles. The summed E-state index contributed by atoms with van der Waals surface area (Å²) in [6.07, 6.45) is 10.4. The maximum atomic E-state index is 6.29. The third-order valence-electron chi connectivity index (χ3n) is 4.10. The fourth-order valence-electron chi connectivity index (χ4n) is 2.97. The van der Waals surface area contributed by atoms with E-state index >= 15 is 0 Å². The molecule has 0 radical (unpaired) electrons. The molecule has 3 rings (SSSR count). The summed E-state index contributed by atoms with van der Waals surface area (Å²) < 4.78 is 2.27. The molecule has 1 aromatic heterocycles. The number of nitrogens with zero attached hydrogens (tertiary/aromatic N) is 2. The van der Waals surface area contributed by atoms with Crippen molar-refractivity contribution in [3.8, 4) is 0 Å². The van der Waals surface area contributed by atoms with Crippen molar-refractivity contribution in [2.45, 2.75) is 45.1 Å². The van der Waals surface area contributed by atoms with E-state index in [9.17, 15) is 0 Å². The smallest absolute Gasteiger partial charge is 0.207 e. The lowest BCUT2D eigenvalue weighted by Crippen LogP contribution is -2.14. The number of hydrogen-bond acceptors (Lipinski definition) is 2.